The molecule has 3 aromatic rings. The number of pyridine rings is 1. The first-order chi connectivity index (χ1) is 12.9. The molecule has 0 radical (unpaired) electrons. The van der Waals surface area contributed by atoms with Crippen LogP contribution in [0.5, 0.6) is 0 Å². The van der Waals surface area contributed by atoms with Gasteiger partial charge in [-0.1, -0.05) is 30.3 Å². The lowest BCUT2D eigenvalue weighted by molar-refractivity contribution is 0.104. The largest absolute Gasteiger partial charge is 0.378 e. The van der Waals surface area contributed by atoms with Gasteiger partial charge < -0.3 is 4.74 Å². The quantitative estimate of drug-likeness (QED) is 0.653. The highest BCUT2D eigenvalue weighted by Crippen LogP contribution is 2.20. The monoisotopic (exact) mass is 348 g/mol. The average molecular weight is 348 g/mol. The second-order valence-electron chi connectivity index (χ2n) is 6.72. The predicted octanol–water partition coefficient (Wildman–Crippen LogP) is 3.69. The number of aryl methyl sites for hydroxylation is 3. The predicted molar refractivity (Wildman–Crippen MR) is 101 cm³/mol. The number of hydrogen-bond donors (Lipinski definition) is 0. The SMILES string of the molecule is c1ccc(CCn2nc(-c3ccncc3)nc2CCC2CCCO2)cc1. The van der Waals surface area contributed by atoms with Crippen LogP contribution in [0.3, 0.4) is 0 Å². The zero-order valence-electron chi connectivity index (χ0n) is 14.9. The van der Waals surface area contributed by atoms with Gasteiger partial charge in [0, 0.05) is 37.5 Å². The summed E-state index contributed by atoms with van der Waals surface area (Å²) in [6.07, 6.45) is 9.14. The van der Waals surface area contributed by atoms with Crippen LogP contribution < -0.4 is 0 Å². The van der Waals surface area contributed by atoms with E-state index >= 15 is 0 Å². The first-order valence-electron chi connectivity index (χ1n) is 9.38. The van der Waals surface area contributed by atoms with Gasteiger partial charge in [0.1, 0.15) is 5.82 Å². The molecule has 0 bridgehead atoms. The van der Waals surface area contributed by atoms with Gasteiger partial charge in [-0.25, -0.2) is 9.67 Å². The molecule has 0 spiro atoms. The average Bonchev–Trinajstić information content (AvgIpc) is 3.36. The van der Waals surface area contributed by atoms with E-state index in [-0.39, 0.29) is 0 Å². The fraction of sp³-hybridized carbons (Fsp3) is 0.381. The van der Waals surface area contributed by atoms with Crippen molar-refractivity contribution in [3.63, 3.8) is 0 Å². The Balaban J connectivity index is 1.52. The van der Waals surface area contributed by atoms with E-state index in [1.807, 2.05) is 18.2 Å². The number of rotatable bonds is 7. The summed E-state index contributed by atoms with van der Waals surface area (Å²) in [5.74, 6) is 1.83. The Morgan fingerprint density at radius 1 is 1.04 bits per heavy atom. The summed E-state index contributed by atoms with van der Waals surface area (Å²) in [5, 5.41) is 4.78. The lowest BCUT2D eigenvalue weighted by atomic mass is 10.1. The third-order valence-corrected chi connectivity index (χ3v) is 4.86. The van der Waals surface area contributed by atoms with Crippen molar-refractivity contribution in [2.24, 2.45) is 0 Å². The molecular formula is C21H24N4O. The van der Waals surface area contributed by atoms with Gasteiger partial charge in [0.2, 0.25) is 0 Å². The van der Waals surface area contributed by atoms with Gasteiger partial charge in [-0.15, -0.1) is 0 Å². The van der Waals surface area contributed by atoms with Gasteiger partial charge in [0.15, 0.2) is 5.82 Å². The van der Waals surface area contributed by atoms with Crippen LogP contribution in [0.15, 0.2) is 54.9 Å². The Hall–Kier alpha value is -2.53. The van der Waals surface area contributed by atoms with E-state index in [9.17, 15) is 0 Å². The molecular weight excluding hydrogens is 324 g/mol. The number of hydrogen-bond acceptors (Lipinski definition) is 4. The lowest BCUT2D eigenvalue weighted by Gasteiger charge is -2.09. The third-order valence-electron chi connectivity index (χ3n) is 4.86. The number of nitrogens with zero attached hydrogens (tertiary/aromatic N) is 4. The van der Waals surface area contributed by atoms with Crippen LogP contribution in [0.4, 0.5) is 0 Å². The molecule has 5 heteroatoms. The molecule has 5 nitrogen and oxygen atoms in total. The van der Waals surface area contributed by atoms with Crippen LogP contribution in [0.25, 0.3) is 11.4 Å². The molecule has 1 aliphatic heterocycles. The molecule has 26 heavy (non-hydrogen) atoms. The van der Waals surface area contributed by atoms with E-state index in [4.69, 9.17) is 14.8 Å². The maximum atomic E-state index is 5.77. The summed E-state index contributed by atoms with van der Waals surface area (Å²) < 4.78 is 7.84. The number of benzene rings is 1. The van der Waals surface area contributed by atoms with E-state index in [0.717, 1.165) is 56.0 Å². The highest BCUT2D eigenvalue weighted by atomic mass is 16.5. The normalized spacial score (nSPS) is 16.8. The van der Waals surface area contributed by atoms with E-state index < -0.39 is 0 Å². The number of aromatic nitrogens is 4. The maximum absolute atomic E-state index is 5.77. The van der Waals surface area contributed by atoms with E-state index in [1.54, 1.807) is 12.4 Å². The molecule has 1 aromatic carbocycles. The molecule has 1 atom stereocenters. The van der Waals surface area contributed by atoms with Gasteiger partial charge in [0.05, 0.1) is 6.10 Å². The zero-order valence-corrected chi connectivity index (χ0v) is 14.9. The van der Waals surface area contributed by atoms with Crippen molar-refractivity contribution < 1.29 is 4.74 Å². The summed E-state index contributed by atoms with van der Waals surface area (Å²) in [6.45, 7) is 1.73. The van der Waals surface area contributed by atoms with Crippen molar-refractivity contribution >= 4 is 0 Å². The molecule has 1 unspecified atom stereocenters. The molecule has 3 heterocycles. The molecule has 2 aromatic heterocycles. The van der Waals surface area contributed by atoms with Crippen molar-refractivity contribution in [3.05, 3.63) is 66.2 Å². The smallest absolute Gasteiger partial charge is 0.181 e. The summed E-state index contributed by atoms with van der Waals surface area (Å²) in [7, 11) is 0. The molecule has 0 N–H and O–H groups in total. The Kier molecular flexibility index (Phi) is 5.36. The second kappa shape index (κ2) is 8.23. The van der Waals surface area contributed by atoms with Crippen LogP contribution in [-0.2, 0) is 24.1 Å². The Morgan fingerprint density at radius 3 is 2.65 bits per heavy atom. The van der Waals surface area contributed by atoms with Crippen molar-refractivity contribution in [2.75, 3.05) is 6.61 Å². The van der Waals surface area contributed by atoms with E-state index in [2.05, 4.69) is 33.9 Å². The topological polar surface area (TPSA) is 52.8 Å². The van der Waals surface area contributed by atoms with Crippen LogP contribution in [0, 0.1) is 0 Å². The molecule has 0 saturated carbocycles. The van der Waals surface area contributed by atoms with Crippen molar-refractivity contribution in [3.8, 4) is 11.4 Å². The lowest BCUT2D eigenvalue weighted by Crippen LogP contribution is -2.12. The molecule has 0 aliphatic carbocycles. The number of ether oxygens (including phenoxy) is 1. The molecule has 1 saturated heterocycles. The molecule has 4 rings (SSSR count). The highest BCUT2D eigenvalue weighted by Gasteiger charge is 2.18. The molecule has 0 amide bonds. The Labute approximate surface area is 154 Å². The van der Waals surface area contributed by atoms with Gasteiger partial charge in [0.25, 0.3) is 0 Å². The fourth-order valence-corrected chi connectivity index (χ4v) is 3.40. The zero-order chi connectivity index (χ0) is 17.6. The van der Waals surface area contributed by atoms with Crippen molar-refractivity contribution in [1.29, 1.82) is 0 Å². The van der Waals surface area contributed by atoms with E-state index in [0.29, 0.717) is 6.10 Å². The van der Waals surface area contributed by atoms with Crippen LogP contribution in [-0.4, -0.2) is 32.5 Å². The first-order valence-corrected chi connectivity index (χ1v) is 9.38. The summed E-state index contributed by atoms with van der Waals surface area (Å²) in [5.41, 5.74) is 2.33. The van der Waals surface area contributed by atoms with E-state index in [1.165, 1.54) is 12.0 Å². The highest BCUT2D eigenvalue weighted by molar-refractivity contribution is 5.53. The van der Waals surface area contributed by atoms with Gasteiger partial charge >= 0.3 is 0 Å². The summed E-state index contributed by atoms with van der Waals surface area (Å²) in [6, 6.07) is 14.4. The second-order valence-corrected chi connectivity index (χ2v) is 6.72. The Bertz CT molecular complexity index is 811. The molecule has 1 aliphatic rings. The first kappa shape index (κ1) is 16.9. The summed E-state index contributed by atoms with van der Waals surface area (Å²) in [4.78, 5) is 8.91. The third kappa shape index (κ3) is 4.17. The maximum Gasteiger partial charge on any atom is 0.181 e. The van der Waals surface area contributed by atoms with Crippen LogP contribution in [0.1, 0.15) is 30.7 Å². The Morgan fingerprint density at radius 2 is 1.88 bits per heavy atom. The molecule has 1 fully saturated rings. The minimum absolute atomic E-state index is 0.374. The fourth-order valence-electron chi connectivity index (χ4n) is 3.40. The van der Waals surface area contributed by atoms with Crippen molar-refractivity contribution in [2.45, 2.75) is 44.8 Å². The minimum atomic E-state index is 0.374. The summed E-state index contributed by atoms with van der Waals surface area (Å²) >= 11 is 0. The van der Waals surface area contributed by atoms with Crippen molar-refractivity contribution in [1.82, 2.24) is 19.7 Å². The minimum Gasteiger partial charge on any atom is -0.378 e. The van der Waals surface area contributed by atoms with Crippen LogP contribution in [0.2, 0.25) is 0 Å². The van der Waals surface area contributed by atoms with Crippen LogP contribution >= 0.6 is 0 Å². The standard InChI is InChI=1S/C21H24N4O/c1-2-5-17(6-3-1)12-15-25-20(9-8-19-7-4-16-26-19)23-21(24-25)18-10-13-22-14-11-18/h1-3,5-6,10-11,13-14,19H,4,7-9,12,15-16H2. The van der Waals surface area contributed by atoms with Gasteiger partial charge in [-0.3, -0.25) is 4.98 Å². The molecule has 134 valence electrons. The van der Waals surface area contributed by atoms with Gasteiger partial charge in [-0.2, -0.15) is 5.10 Å². The van der Waals surface area contributed by atoms with Gasteiger partial charge in [-0.05, 0) is 43.4 Å².